The van der Waals surface area contributed by atoms with Crippen molar-refractivity contribution >= 4 is 41.2 Å². The van der Waals surface area contributed by atoms with Crippen molar-refractivity contribution in [3.63, 3.8) is 0 Å². The van der Waals surface area contributed by atoms with E-state index in [4.69, 9.17) is 12.2 Å². The number of carbonyl (C=O) groups is 1. The second-order valence-electron chi connectivity index (χ2n) is 5.56. The molecule has 0 saturated heterocycles. The second-order valence-corrected chi connectivity index (χ2v) is 8.41. The molecule has 0 N–H and O–H groups in total. The molecule has 0 spiro atoms. The minimum atomic E-state index is 0.105. The lowest BCUT2D eigenvalue weighted by Gasteiger charge is -2.20. The first-order chi connectivity index (χ1) is 12.7. The second kappa shape index (κ2) is 9.12. The van der Waals surface area contributed by atoms with Gasteiger partial charge < -0.3 is 4.90 Å². The molecule has 0 aliphatic rings. The highest BCUT2D eigenvalue weighted by Gasteiger charge is 2.14. The minimum absolute atomic E-state index is 0.105. The number of amides is 1. The summed E-state index contributed by atoms with van der Waals surface area (Å²) in [4.78, 5) is 14.4. The monoisotopic (exact) mass is 401 g/mol. The number of hydrogen-bond donors (Lipinski definition) is 0. The number of carbonyl (C=O) groups excluding carboxylic acids is 1. The van der Waals surface area contributed by atoms with E-state index in [1.165, 1.54) is 23.1 Å². The van der Waals surface area contributed by atoms with Crippen molar-refractivity contribution in [1.82, 2.24) is 14.7 Å². The first-order valence-electron chi connectivity index (χ1n) is 8.27. The number of rotatable bonds is 7. The first kappa shape index (κ1) is 18.8. The zero-order valence-corrected chi connectivity index (χ0v) is 16.8. The van der Waals surface area contributed by atoms with Gasteiger partial charge in [0.2, 0.25) is 5.91 Å². The molecule has 0 atom stereocenters. The zero-order chi connectivity index (χ0) is 18.4. The smallest absolute Gasteiger partial charge is 0.233 e. The summed E-state index contributed by atoms with van der Waals surface area (Å²) in [6, 6.07) is 19.8. The van der Waals surface area contributed by atoms with Crippen LogP contribution in [-0.2, 0) is 11.3 Å². The fraction of sp³-hybridized carbons (Fsp3) is 0.211. The van der Waals surface area contributed by atoms with Crippen LogP contribution >= 0.6 is 35.3 Å². The standard InChI is InChI=1S/C19H19N3OS3/c1-2-21(13-15-9-5-3-6-10-15)17(23)14-25-18-20-22(19(24)26-18)16-11-7-4-8-12-16/h3-12H,2,13-14H2,1H3. The Morgan fingerprint density at radius 1 is 1.15 bits per heavy atom. The van der Waals surface area contributed by atoms with Crippen molar-refractivity contribution in [3.05, 3.63) is 70.2 Å². The molecule has 1 aromatic heterocycles. The van der Waals surface area contributed by atoms with E-state index in [2.05, 4.69) is 5.10 Å². The topological polar surface area (TPSA) is 38.1 Å². The third kappa shape index (κ3) is 4.81. The maximum Gasteiger partial charge on any atom is 0.233 e. The van der Waals surface area contributed by atoms with Crippen LogP contribution in [0.25, 0.3) is 5.69 Å². The van der Waals surface area contributed by atoms with Crippen LogP contribution in [0.3, 0.4) is 0 Å². The third-order valence-corrected chi connectivity index (χ3v) is 6.15. The average molecular weight is 402 g/mol. The molecule has 1 heterocycles. The largest absolute Gasteiger partial charge is 0.338 e. The molecule has 0 unspecified atom stereocenters. The van der Waals surface area contributed by atoms with E-state index in [1.807, 2.05) is 72.5 Å². The van der Waals surface area contributed by atoms with E-state index in [-0.39, 0.29) is 5.91 Å². The summed E-state index contributed by atoms with van der Waals surface area (Å²) in [6.45, 7) is 3.31. The molecule has 0 bridgehead atoms. The minimum Gasteiger partial charge on any atom is -0.338 e. The molecule has 0 fully saturated rings. The lowest BCUT2D eigenvalue weighted by molar-refractivity contribution is -0.128. The molecule has 4 nitrogen and oxygen atoms in total. The van der Waals surface area contributed by atoms with E-state index in [1.54, 1.807) is 4.68 Å². The Hall–Kier alpha value is -1.96. The number of thioether (sulfide) groups is 1. The van der Waals surface area contributed by atoms with Crippen LogP contribution < -0.4 is 0 Å². The van der Waals surface area contributed by atoms with Gasteiger partial charge in [-0.05, 0) is 36.8 Å². The van der Waals surface area contributed by atoms with Gasteiger partial charge in [-0.1, -0.05) is 71.6 Å². The molecule has 7 heteroatoms. The predicted octanol–water partition coefficient (Wildman–Crippen LogP) is 4.80. The summed E-state index contributed by atoms with van der Waals surface area (Å²) < 4.78 is 3.24. The summed E-state index contributed by atoms with van der Waals surface area (Å²) in [6.07, 6.45) is 0. The van der Waals surface area contributed by atoms with Crippen LogP contribution in [0.1, 0.15) is 12.5 Å². The Bertz CT molecular complexity index is 907. The molecule has 1 amide bonds. The summed E-state index contributed by atoms with van der Waals surface area (Å²) >= 11 is 8.28. The van der Waals surface area contributed by atoms with Crippen molar-refractivity contribution in [1.29, 1.82) is 0 Å². The fourth-order valence-corrected chi connectivity index (χ4v) is 4.71. The van der Waals surface area contributed by atoms with Gasteiger partial charge in [0.15, 0.2) is 8.29 Å². The van der Waals surface area contributed by atoms with Gasteiger partial charge in [0.1, 0.15) is 0 Å². The lowest BCUT2D eigenvalue weighted by atomic mass is 10.2. The Kier molecular flexibility index (Phi) is 6.60. The van der Waals surface area contributed by atoms with Crippen LogP contribution in [0.15, 0.2) is 65.0 Å². The van der Waals surface area contributed by atoms with Crippen LogP contribution in [0.2, 0.25) is 0 Å². The maximum absolute atomic E-state index is 12.6. The predicted molar refractivity (Wildman–Crippen MR) is 111 cm³/mol. The van der Waals surface area contributed by atoms with Gasteiger partial charge >= 0.3 is 0 Å². The van der Waals surface area contributed by atoms with Gasteiger partial charge in [0, 0.05) is 13.1 Å². The van der Waals surface area contributed by atoms with Crippen LogP contribution in [0, 0.1) is 3.95 Å². The molecule has 3 aromatic rings. The maximum atomic E-state index is 12.6. The quantitative estimate of drug-likeness (QED) is 0.421. The van der Waals surface area contributed by atoms with Crippen molar-refractivity contribution in [2.45, 2.75) is 17.8 Å². The molecular formula is C19H19N3OS3. The molecule has 0 saturated carbocycles. The highest BCUT2D eigenvalue weighted by Crippen LogP contribution is 2.24. The number of hydrogen-bond acceptors (Lipinski definition) is 5. The van der Waals surface area contributed by atoms with E-state index in [0.29, 0.717) is 22.8 Å². The van der Waals surface area contributed by atoms with Crippen molar-refractivity contribution in [2.24, 2.45) is 0 Å². The van der Waals surface area contributed by atoms with E-state index < -0.39 is 0 Å². The molecule has 0 aliphatic carbocycles. The van der Waals surface area contributed by atoms with Crippen LogP contribution in [0.4, 0.5) is 0 Å². The SMILES string of the molecule is CCN(Cc1ccccc1)C(=O)CSc1nn(-c2ccccc2)c(=S)s1. The Labute approximate surface area is 166 Å². The summed E-state index contributed by atoms with van der Waals surface area (Å²) in [5.74, 6) is 0.464. The van der Waals surface area contributed by atoms with E-state index >= 15 is 0 Å². The van der Waals surface area contributed by atoms with E-state index in [0.717, 1.165) is 15.6 Å². The summed E-state index contributed by atoms with van der Waals surface area (Å²) in [7, 11) is 0. The van der Waals surface area contributed by atoms with Crippen molar-refractivity contribution in [3.8, 4) is 5.69 Å². The normalized spacial score (nSPS) is 10.7. The number of benzene rings is 2. The highest BCUT2D eigenvalue weighted by molar-refractivity contribution is 8.01. The first-order valence-corrected chi connectivity index (χ1v) is 10.5. The van der Waals surface area contributed by atoms with Crippen molar-refractivity contribution in [2.75, 3.05) is 12.3 Å². The molecule has 0 aliphatic heterocycles. The molecule has 134 valence electrons. The summed E-state index contributed by atoms with van der Waals surface area (Å²) in [5, 5.41) is 4.54. The number of aromatic nitrogens is 2. The molecule has 3 rings (SSSR count). The van der Waals surface area contributed by atoms with Gasteiger partial charge in [-0.25, -0.2) is 4.68 Å². The summed E-state index contributed by atoms with van der Waals surface area (Å²) in [5.41, 5.74) is 2.07. The van der Waals surface area contributed by atoms with Gasteiger partial charge in [-0.15, -0.1) is 5.10 Å². The Morgan fingerprint density at radius 3 is 2.46 bits per heavy atom. The lowest BCUT2D eigenvalue weighted by Crippen LogP contribution is -2.31. The highest BCUT2D eigenvalue weighted by atomic mass is 32.2. The fourth-order valence-electron chi connectivity index (χ4n) is 2.45. The zero-order valence-electron chi connectivity index (χ0n) is 14.4. The molecule has 2 aromatic carbocycles. The van der Waals surface area contributed by atoms with Crippen molar-refractivity contribution < 1.29 is 4.79 Å². The van der Waals surface area contributed by atoms with Gasteiger partial charge in [0.05, 0.1) is 11.4 Å². The average Bonchev–Trinajstić information content (AvgIpc) is 3.06. The van der Waals surface area contributed by atoms with E-state index in [9.17, 15) is 4.79 Å². The Morgan fingerprint density at radius 2 is 1.81 bits per heavy atom. The number of para-hydroxylation sites is 1. The van der Waals surface area contributed by atoms with Crippen LogP contribution in [-0.4, -0.2) is 32.9 Å². The Balaban J connectivity index is 1.63. The van der Waals surface area contributed by atoms with Gasteiger partial charge in [0.25, 0.3) is 0 Å². The third-order valence-electron chi connectivity index (χ3n) is 3.80. The van der Waals surface area contributed by atoms with Crippen LogP contribution in [0.5, 0.6) is 0 Å². The molecular weight excluding hydrogens is 382 g/mol. The van der Waals surface area contributed by atoms with Gasteiger partial charge in [-0.2, -0.15) is 0 Å². The molecule has 26 heavy (non-hydrogen) atoms. The molecule has 0 radical (unpaired) electrons. The van der Waals surface area contributed by atoms with Gasteiger partial charge in [-0.3, -0.25) is 4.79 Å². The number of nitrogens with zero attached hydrogens (tertiary/aromatic N) is 3.